The molecule has 1 saturated heterocycles. The zero-order chi connectivity index (χ0) is 16.1. The Labute approximate surface area is 138 Å². The first-order chi connectivity index (χ1) is 11.1. The third-order valence-electron chi connectivity index (χ3n) is 5.00. The molecule has 1 aromatic heterocycles. The molecule has 0 aromatic carbocycles. The van der Waals surface area contributed by atoms with Crippen LogP contribution in [0.3, 0.4) is 0 Å². The minimum atomic E-state index is -0.713. The Morgan fingerprint density at radius 3 is 2.52 bits per heavy atom. The van der Waals surface area contributed by atoms with Gasteiger partial charge in [0.15, 0.2) is 0 Å². The van der Waals surface area contributed by atoms with Crippen molar-refractivity contribution in [2.75, 3.05) is 0 Å². The van der Waals surface area contributed by atoms with Gasteiger partial charge in [0.1, 0.15) is 10.9 Å². The van der Waals surface area contributed by atoms with Gasteiger partial charge in [0.05, 0.1) is 5.56 Å². The number of hydrogen-bond acceptors (Lipinski definition) is 4. The van der Waals surface area contributed by atoms with Crippen molar-refractivity contribution >= 4 is 29.1 Å². The molecule has 4 rings (SSSR count). The normalized spacial score (nSPS) is 25.2. The van der Waals surface area contributed by atoms with Crippen molar-refractivity contribution in [1.82, 2.24) is 10.2 Å². The molecule has 23 heavy (non-hydrogen) atoms. The number of hydrogen-bond donors (Lipinski definition) is 1. The summed E-state index contributed by atoms with van der Waals surface area (Å²) < 4.78 is 0. The van der Waals surface area contributed by atoms with Gasteiger partial charge in [-0.3, -0.25) is 19.3 Å². The van der Waals surface area contributed by atoms with E-state index in [9.17, 15) is 14.4 Å². The van der Waals surface area contributed by atoms with Crippen molar-refractivity contribution < 1.29 is 14.4 Å². The van der Waals surface area contributed by atoms with Gasteiger partial charge in [-0.2, -0.15) is 0 Å². The highest BCUT2D eigenvalue weighted by atomic mass is 32.1. The molecule has 3 heterocycles. The Bertz CT molecular complexity index is 697. The van der Waals surface area contributed by atoms with E-state index in [0.29, 0.717) is 34.9 Å². The summed E-state index contributed by atoms with van der Waals surface area (Å²) >= 11 is 1.44. The summed E-state index contributed by atoms with van der Waals surface area (Å²) in [5.74, 6) is -0.458. The van der Waals surface area contributed by atoms with E-state index in [0.717, 1.165) is 22.6 Å². The SMILES string of the molecule is C=C1CCC(N2C(=O)c3cc(C4CCCC4)sc3C2=O)C(=O)N1. The fourth-order valence-corrected chi connectivity index (χ4v) is 5.02. The number of allylic oxidation sites excluding steroid dienone is 1. The second kappa shape index (κ2) is 5.30. The number of nitrogens with one attached hydrogen (secondary N) is 1. The van der Waals surface area contributed by atoms with E-state index >= 15 is 0 Å². The molecule has 1 saturated carbocycles. The average Bonchev–Trinajstić information content (AvgIpc) is 3.20. The van der Waals surface area contributed by atoms with Crippen LogP contribution in [0.2, 0.25) is 0 Å². The van der Waals surface area contributed by atoms with Crippen molar-refractivity contribution in [3.63, 3.8) is 0 Å². The molecule has 120 valence electrons. The predicted octanol–water partition coefficient (Wildman–Crippen LogP) is 2.79. The standard InChI is InChI=1S/C17H18N2O3S/c1-9-6-7-12(15(20)18-9)19-16(21)11-8-13(10-4-2-3-5-10)23-14(11)17(19)22/h8,10,12H,1-7H2,(H,18,20). The van der Waals surface area contributed by atoms with Crippen LogP contribution in [0, 0.1) is 0 Å². The van der Waals surface area contributed by atoms with E-state index in [1.165, 1.54) is 24.2 Å². The molecule has 1 aromatic rings. The zero-order valence-corrected chi connectivity index (χ0v) is 13.6. The lowest BCUT2D eigenvalue weighted by Gasteiger charge is -2.29. The molecule has 0 bridgehead atoms. The molecule has 0 radical (unpaired) electrons. The van der Waals surface area contributed by atoms with Crippen LogP contribution in [-0.2, 0) is 4.79 Å². The van der Waals surface area contributed by atoms with Gasteiger partial charge in [0, 0.05) is 10.6 Å². The second-order valence-corrected chi connectivity index (χ2v) is 7.58. The molecule has 1 atom stereocenters. The van der Waals surface area contributed by atoms with Crippen molar-refractivity contribution in [3.8, 4) is 0 Å². The predicted molar refractivity (Wildman–Crippen MR) is 86.3 cm³/mol. The van der Waals surface area contributed by atoms with Crippen LogP contribution >= 0.6 is 11.3 Å². The van der Waals surface area contributed by atoms with Crippen molar-refractivity contribution in [3.05, 3.63) is 33.7 Å². The second-order valence-electron chi connectivity index (χ2n) is 6.50. The van der Waals surface area contributed by atoms with Gasteiger partial charge in [-0.15, -0.1) is 11.3 Å². The summed E-state index contributed by atoms with van der Waals surface area (Å²) in [6.45, 7) is 3.73. The molecule has 2 fully saturated rings. The van der Waals surface area contributed by atoms with E-state index in [-0.39, 0.29) is 17.7 Å². The van der Waals surface area contributed by atoms with Crippen LogP contribution in [0.25, 0.3) is 0 Å². The van der Waals surface area contributed by atoms with E-state index in [2.05, 4.69) is 11.9 Å². The molecular formula is C17H18N2O3S. The van der Waals surface area contributed by atoms with E-state index < -0.39 is 6.04 Å². The molecule has 6 heteroatoms. The van der Waals surface area contributed by atoms with Crippen LogP contribution in [0.1, 0.15) is 69.3 Å². The Hall–Kier alpha value is -1.95. The van der Waals surface area contributed by atoms with Crippen LogP contribution in [0.4, 0.5) is 0 Å². The highest BCUT2D eigenvalue weighted by molar-refractivity contribution is 7.14. The molecule has 3 amide bonds. The number of thiophene rings is 1. The van der Waals surface area contributed by atoms with Gasteiger partial charge in [-0.05, 0) is 37.7 Å². The Kier molecular flexibility index (Phi) is 3.37. The Morgan fingerprint density at radius 2 is 1.87 bits per heavy atom. The molecule has 0 spiro atoms. The van der Waals surface area contributed by atoms with E-state index in [1.54, 1.807) is 0 Å². The first kappa shape index (κ1) is 14.6. The fraction of sp³-hybridized carbons (Fsp3) is 0.471. The third kappa shape index (κ3) is 2.24. The first-order valence-electron chi connectivity index (χ1n) is 8.06. The van der Waals surface area contributed by atoms with Crippen molar-refractivity contribution in [2.24, 2.45) is 0 Å². The van der Waals surface area contributed by atoms with E-state index in [4.69, 9.17) is 0 Å². The van der Waals surface area contributed by atoms with Gasteiger partial charge < -0.3 is 5.32 Å². The summed E-state index contributed by atoms with van der Waals surface area (Å²) in [7, 11) is 0. The molecule has 2 aliphatic heterocycles. The summed E-state index contributed by atoms with van der Waals surface area (Å²) in [5, 5.41) is 2.65. The molecule has 1 N–H and O–H groups in total. The number of carbonyl (C=O) groups excluding carboxylic acids is 3. The Balaban J connectivity index is 1.61. The number of rotatable bonds is 2. The Morgan fingerprint density at radius 1 is 1.13 bits per heavy atom. The maximum absolute atomic E-state index is 12.7. The van der Waals surface area contributed by atoms with Crippen LogP contribution < -0.4 is 5.32 Å². The highest BCUT2D eigenvalue weighted by Crippen LogP contribution is 2.42. The first-order valence-corrected chi connectivity index (χ1v) is 8.88. The zero-order valence-electron chi connectivity index (χ0n) is 12.8. The number of carbonyl (C=O) groups is 3. The monoisotopic (exact) mass is 330 g/mol. The average molecular weight is 330 g/mol. The number of piperidine rings is 1. The maximum atomic E-state index is 12.7. The number of amides is 3. The topological polar surface area (TPSA) is 66.5 Å². The maximum Gasteiger partial charge on any atom is 0.272 e. The molecule has 1 aliphatic carbocycles. The van der Waals surface area contributed by atoms with Gasteiger partial charge in [-0.1, -0.05) is 19.4 Å². The van der Waals surface area contributed by atoms with Gasteiger partial charge in [0.25, 0.3) is 11.8 Å². The van der Waals surface area contributed by atoms with Crippen molar-refractivity contribution in [1.29, 1.82) is 0 Å². The molecule has 5 nitrogen and oxygen atoms in total. The van der Waals surface area contributed by atoms with Gasteiger partial charge >= 0.3 is 0 Å². The summed E-state index contributed by atoms with van der Waals surface area (Å²) in [5.41, 5.74) is 1.13. The van der Waals surface area contributed by atoms with Gasteiger partial charge in [-0.25, -0.2) is 0 Å². The van der Waals surface area contributed by atoms with Crippen LogP contribution in [-0.4, -0.2) is 28.7 Å². The number of nitrogens with zero attached hydrogens (tertiary/aromatic N) is 1. The van der Waals surface area contributed by atoms with Crippen molar-refractivity contribution in [2.45, 2.75) is 50.5 Å². The summed E-state index contributed by atoms with van der Waals surface area (Å²) in [6.07, 6.45) is 5.75. The smallest absolute Gasteiger partial charge is 0.272 e. The lowest BCUT2D eigenvalue weighted by atomic mass is 10.0. The van der Waals surface area contributed by atoms with Crippen LogP contribution in [0.15, 0.2) is 18.3 Å². The largest absolute Gasteiger partial charge is 0.329 e. The minimum Gasteiger partial charge on any atom is -0.329 e. The van der Waals surface area contributed by atoms with Crippen LogP contribution in [0.5, 0.6) is 0 Å². The number of fused-ring (bicyclic) bond motifs is 1. The molecule has 3 aliphatic rings. The minimum absolute atomic E-state index is 0.311. The lowest BCUT2D eigenvalue weighted by molar-refractivity contribution is -0.125. The molecular weight excluding hydrogens is 312 g/mol. The fourth-order valence-electron chi connectivity index (χ4n) is 3.76. The lowest BCUT2D eigenvalue weighted by Crippen LogP contribution is -2.51. The summed E-state index contributed by atoms with van der Waals surface area (Å²) in [6, 6.07) is 1.17. The number of imide groups is 1. The quantitative estimate of drug-likeness (QED) is 0.848. The van der Waals surface area contributed by atoms with E-state index in [1.807, 2.05) is 6.07 Å². The van der Waals surface area contributed by atoms with Gasteiger partial charge in [0.2, 0.25) is 5.91 Å². The molecule has 1 unspecified atom stereocenters. The summed E-state index contributed by atoms with van der Waals surface area (Å²) in [4.78, 5) is 40.3. The highest BCUT2D eigenvalue weighted by Gasteiger charge is 2.45. The third-order valence-corrected chi connectivity index (χ3v) is 6.29.